The van der Waals surface area contributed by atoms with Crippen LogP contribution in [-0.2, 0) is 0 Å². The van der Waals surface area contributed by atoms with Crippen LogP contribution in [0.5, 0.6) is 0 Å². The fraction of sp³-hybridized carbons (Fsp3) is 0.400. The van der Waals surface area contributed by atoms with Crippen LogP contribution in [-0.4, -0.2) is 28.1 Å². The van der Waals surface area contributed by atoms with E-state index in [0.29, 0.717) is 12.0 Å². The standard InChI is InChI=1S/C15H20N2O2/c1-3-15(2,8-9-18)17-14(19)12-10-16-13-7-5-4-6-11(12)13/h4-7,10,16,18H,3,8-9H2,1-2H3,(H,17,19). The SMILES string of the molecule is CCC(C)(CCO)NC(=O)c1c[nH]c2ccccc12. The maximum absolute atomic E-state index is 12.4. The number of para-hydroxylation sites is 1. The fourth-order valence-electron chi connectivity index (χ4n) is 2.18. The highest BCUT2D eigenvalue weighted by molar-refractivity contribution is 6.06. The Morgan fingerprint density at radius 1 is 1.42 bits per heavy atom. The largest absolute Gasteiger partial charge is 0.396 e. The van der Waals surface area contributed by atoms with Crippen LogP contribution in [0, 0.1) is 0 Å². The molecule has 0 aliphatic heterocycles. The van der Waals surface area contributed by atoms with E-state index in [9.17, 15) is 4.79 Å². The first-order valence-electron chi connectivity index (χ1n) is 6.59. The van der Waals surface area contributed by atoms with E-state index >= 15 is 0 Å². The Balaban J connectivity index is 2.24. The van der Waals surface area contributed by atoms with Gasteiger partial charge in [0.25, 0.3) is 5.91 Å². The van der Waals surface area contributed by atoms with E-state index in [1.165, 1.54) is 0 Å². The van der Waals surface area contributed by atoms with Gasteiger partial charge in [0.15, 0.2) is 0 Å². The minimum absolute atomic E-state index is 0.0680. The van der Waals surface area contributed by atoms with Crippen LogP contribution in [0.15, 0.2) is 30.5 Å². The molecule has 1 unspecified atom stereocenters. The Labute approximate surface area is 112 Å². The molecule has 0 bridgehead atoms. The van der Waals surface area contributed by atoms with Crippen LogP contribution < -0.4 is 5.32 Å². The number of H-pyrrole nitrogens is 1. The number of fused-ring (bicyclic) bond motifs is 1. The molecule has 19 heavy (non-hydrogen) atoms. The second-order valence-corrected chi connectivity index (χ2v) is 5.09. The molecule has 0 aliphatic rings. The minimum Gasteiger partial charge on any atom is -0.396 e. The molecule has 0 aliphatic carbocycles. The van der Waals surface area contributed by atoms with Crippen molar-refractivity contribution in [2.45, 2.75) is 32.2 Å². The Morgan fingerprint density at radius 3 is 2.84 bits per heavy atom. The molecule has 0 saturated heterocycles. The normalized spacial score (nSPS) is 14.3. The Hall–Kier alpha value is -1.81. The number of amides is 1. The fourth-order valence-corrected chi connectivity index (χ4v) is 2.18. The molecule has 1 heterocycles. The van der Waals surface area contributed by atoms with Gasteiger partial charge in [-0.25, -0.2) is 0 Å². The molecule has 102 valence electrons. The van der Waals surface area contributed by atoms with Crippen LogP contribution in [0.3, 0.4) is 0 Å². The monoisotopic (exact) mass is 260 g/mol. The number of carbonyl (C=O) groups excluding carboxylic acids is 1. The molecule has 0 saturated carbocycles. The Bertz CT molecular complexity index is 576. The van der Waals surface area contributed by atoms with Crippen LogP contribution in [0.25, 0.3) is 10.9 Å². The van der Waals surface area contributed by atoms with Crippen molar-refractivity contribution in [3.63, 3.8) is 0 Å². The van der Waals surface area contributed by atoms with Gasteiger partial charge in [-0.3, -0.25) is 4.79 Å². The predicted octanol–water partition coefficient (Wildman–Crippen LogP) is 2.45. The average Bonchev–Trinajstić information content (AvgIpc) is 2.83. The maximum atomic E-state index is 12.4. The molecule has 1 aromatic heterocycles. The molecular weight excluding hydrogens is 240 g/mol. The number of aromatic nitrogens is 1. The summed E-state index contributed by atoms with van der Waals surface area (Å²) in [4.78, 5) is 15.5. The lowest BCUT2D eigenvalue weighted by molar-refractivity contribution is 0.0888. The number of carbonyl (C=O) groups is 1. The van der Waals surface area contributed by atoms with E-state index < -0.39 is 0 Å². The van der Waals surface area contributed by atoms with Gasteiger partial charge in [-0.05, 0) is 25.8 Å². The number of rotatable bonds is 5. The first-order chi connectivity index (χ1) is 9.09. The number of aromatic amines is 1. The van der Waals surface area contributed by atoms with Gasteiger partial charge in [0.1, 0.15) is 0 Å². The molecule has 1 atom stereocenters. The van der Waals surface area contributed by atoms with Gasteiger partial charge in [-0.1, -0.05) is 25.1 Å². The zero-order valence-electron chi connectivity index (χ0n) is 11.4. The summed E-state index contributed by atoms with van der Waals surface area (Å²) >= 11 is 0. The van der Waals surface area contributed by atoms with Gasteiger partial charge in [-0.2, -0.15) is 0 Å². The van der Waals surface area contributed by atoms with Crippen molar-refractivity contribution in [1.82, 2.24) is 10.3 Å². The third kappa shape index (κ3) is 2.79. The summed E-state index contributed by atoms with van der Waals surface area (Å²) in [6.07, 6.45) is 3.06. The smallest absolute Gasteiger partial charge is 0.253 e. The van der Waals surface area contributed by atoms with Gasteiger partial charge < -0.3 is 15.4 Å². The van der Waals surface area contributed by atoms with Gasteiger partial charge in [0.2, 0.25) is 0 Å². The Morgan fingerprint density at radius 2 is 2.16 bits per heavy atom. The second kappa shape index (κ2) is 5.45. The molecule has 1 amide bonds. The van der Waals surface area contributed by atoms with Gasteiger partial charge >= 0.3 is 0 Å². The summed E-state index contributed by atoms with van der Waals surface area (Å²) in [6, 6.07) is 7.72. The molecule has 2 rings (SSSR count). The molecule has 0 fully saturated rings. The zero-order valence-corrected chi connectivity index (χ0v) is 11.4. The minimum atomic E-state index is -0.371. The lowest BCUT2D eigenvalue weighted by atomic mass is 9.94. The summed E-state index contributed by atoms with van der Waals surface area (Å²) < 4.78 is 0. The van der Waals surface area contributed by atoms with Gasteiger partial charge in [0, 0.05) is 29.2 Å². The van der Waals surface area contributed by atoms with E-state index in [4.69, 9.17) is 5.11 Å². The topological polar surface area (TPSA) is 65.1 Å². The van der Waals surface area contributed by atoms with Crippen molar-refractivity contribution >= 4 is 16.8 Å². The van der Waals surface area contributed by atoms with Crippen LogP contribution >= 0.6 is 0 Å². The number of nitrogens with one attached hydrogen (secondary N) is 2. The highest BCUT2D eigenvalue weighted by atomic mass is 16.3. The van der Waals surface area contributed by atoms with Gasteiger partial charge in [-0.15, -0.1) is 0 Å². The van der Waals surface area contributed by atoms with E-state index in [1.54, 1.807) is 6.20 Å². The number of hydrogen-bond acceptors (Lipinski definition) is 2. The molecule has 3 N–H and O–H groups in total. The van der Waals surface area contributed by atoms with E-state index in [-0.39, 0.29) is 18.1 Å². The lowest BCUT2D eigenvalue weighted by Gasteiger charge is -2.28. The quantitative estimate of drug-likeness (QED) is 0.773. The molecule has 0 radical (unpaired) electrons. The van der Waals surface area contributed by atoms with Gasteiger partial charge in [0.05, 0.1) is 5.56 Å². The van der Waals surface area contributed by atoms with Crippen LogP contribution in [0.1, 0.15) is 37.0 Å². The number of benzene rings is 1. The first kappa shape index (κ1) is 13.6. The van der Waals surface area contributed by atoms with Crippen molar-refractivity contribution < 1.29 is 9.90 Å². The summed E-state index contributed by atoms with van der Waals surface area (Å²) in [6.45, 7) is 4.03. The molecule has 2 aromatic rings. The number of aliphatic hydroxyl groups excluding tert-OH is 1. The van der Waals surface area contributed by atoms with E-state index in [0.717, 1.165) is 17.3 Å². The first-order valence-corrected chi connectivity index (χ1v) is 6.59. The summed E-state index contributed by atoms with van der Waals surface area (Å²) in [5, 5.41) is 13.0. The second-order valence-electron chi connectivity index (χ2n) is 5.09. The number of aliphatic hydroxyl groups is 1. The predicted molar refractivity (Wildman–Crippen MR) is 76.2 cm³/mol. The van der Waals surface area contributed by atoms with E-state index in [1.807, 2.05) is 38.1 Å². The number of hydrogen-bond donors (Lipinski definition) is 3. The van der Waals surface area contributed by atoms with Crippen molar-refractivity contribution in [3.8, 4) is 0 Å². The lowest BCUT2D eigenvalue weighted by Crippen LogP contribution is -2.46. The Kier molecular flexibility index (Phi) is 3.90. The van der Waals surface area contributed by atoms with E-state index in [2.05, 4.69) is 10.3 Å². The zero-order chi connectivity index (χ0) is 13.9. The maximum Gasteiger partial charge on any atom is 0.253 e. The van der Waals surface area contributed by atoms with Crippen molar-refractivity contribution in [3.05, 3.63) is 36.0 Å². The molecule has 4 heteroatoms. The summed E-state index contributed by atoms with van der Waals surface area (Å²) in [5.74, 6) is -0.102. The third-order valence-corrected chi connectivity index (χ3v) is 3.69. The van der Waals surface area contributed by atoms with Crippen molar-refractivity contribution in [2.75, 3.05) is 6.61 Å². The molecular formula is C15H20N2O2. The van der Waals surface area contributed by atoms with Crippen LogP contribution in [0.4, 0.5) is 0 Å². The summed E-state index contributed by atoms with van der Waals surface area (Å²) in [5.41, 5.74) is 1.23. The third-order valence-electron chi connectivity index (χ3n) is 3.69. The molecule has 4 nitrogen and oxygen atoms in total. The average molecular weight is 260 g/mol. The molecule has 0 spiro atoms. The highest BCUT2D eigenvalue weighted by Gasteiger charge is 2.25. The highest BCUT2D eigenvalue weighted by Crippen LogP contribution is 2.20. The van der Waals surface area contributed by atoms with Crippen molar-refractivity contribution in [1.29, 1.82) is 0 Å². The molecule has 1 aromatic carbocycles. The van der Waals surface area contributed by atoms with Crippen LogP contribution in [0.2, 0.25) is 0 Å². The summed E-state index contributed by atoms with van der Waals surface area (Å²) in [7, 11) is 0. The van der Waals surface area contributed by atoms with Crippen molar-refractivity contribution in [2.24, 2.45) is 0 Å².